The zero-order valence-corrected chi connectivity index (χ0v) is 33.1. The lowest BCUT2D eigenvalue weighted by Crippen LogP contribution is -2.09. The summed E-state index contributed by atoms with van der Waals surface area (Å²) in [5, 5.41) is 7.04. The fraction of sp³-hybridized carbons (Fsp3) is 0. The average Bonchev–Trinajstić information content (AvgIpc) is 3.91. The van der Waals surface area contributed by atoms with E-state index in [1.165, 1.54) is 38.6 Å². The average molecular weight is 780 g/mol. The van der Waals surface area contributed by atoms with E-state index in [0.717, 1.165) is 77.6 Å². The maximum Gasteiger partial charge on any atom is 0.136 e. The molecule has 0 spiro atoms. The number of hydrogen-bond donors (Lipinski definition) is 0. The number of rotatable bonds is 7. The quantitative estimate of drug-likeness (QED) is 0.161. The Morgan fingerprint density at radius 3 is 1.38 bits per heavy atom. The first-order valence-corrected chi connectivity index (χ1v) is 20.7. The van der Waals surface area contributed by atoms with Crippen LogP contribution in [0.5, 0.6) is 0 Å². The van der Waals surface area contributed by atoms with Crippen molar-refractivity contribution >= 4 is 71.7 Å². The van der Waals surface area contributed by atoms with E-state index in [1.54, 1.807) is 0 Å². The van der Waals surface area contributed by atoms with Crippen molar-refractivity contribution in [2.75, 3.05) is 4.90 Å². The molecule has 0 fully saturated rings. The lowest BCUT2D eigenvalue weighted by Gasteiger charge is -2.26. The smallest absolute Gasteiger partial charge is 0.136 e. The van der Waals surface area contributed by atoms with Crippen molar-refractivity contribution in [1.29, 1.82) is 0 Å². The third kappa shape index (κ3) is 6.06. The van der Waals surface area contributed by atoms with E-state index in [1.807, 2.05) is 24.3 Å². The summed E-state index contributed by atoms with van der Waals surface area (Å²) in [6, 6.07) is 80.0. The van der Waals surface area contributed by atoms with Gasteiger partial charge in [0.1, 0.15) is 22.3 Å². The summed E-state index contributed by atoms with van der Waals surface area (Å²) in [7, 11) is 0. The van der Waals surface area contributed by atoms with Gasteiger partial charge in [-0.3, -0.25) is 0 Å². The van der Waals surface area contributed by atoms with Gasteiger partial charge in [-0.05, 0) is 122 Å². The summed E-state index contributed by atoms with van der Waals surface area (Å²) >= 11 is 0. The van der Waals surface area contributed by atoms with Gasteiger partial charge in [-0.1, -0.05) is 158 Å². The van der Waals surface area contributed by atoms with Gasteiger partial charge >= 0.3 is 0 Å². The highest BCUT2D eigenvalue weighted by molar-refractivity contribution is 6.12. The minimum atomic E-state index is 0.898. The van der Waals surface area contributed by atoms with E-state index in [0.29, 0.717) is 0 Å². The Balaban J connectivity index is 0.895. The molecule has 0 N–H and O–H groups in total. The molecule has 12 rings (SSSR count). The second kappa shape index (κ2) is 14.3. The van der Waals surface area contributed by atoms with Gasteiger partial charge in [0.25, 0.3) is 0 Å². The minimum absolute atomic E-state index is 0.898. The number of fused-ring (bicyclic) bond motifs is 7. The Labute approximate surface area is 353 Å². The molecule has 0 bridgehead atoms. The predicted octanol–water partition coefficient (Wildman–Crippen LogP) is 16.8. The number of para-hydroxylation sites is 2. The van der Waals surface area contributed by atoms with Gasteiger partial charge in [-0.15, -0.1) is 0 Å². The molecular formula is C58H37NO2. The van der Waals surface area contributed by atoms with E-state index in [2.05, 4.69) is 205 Å². The molecule has 2 heterocycles. The van der Waals surface area contributed by atoms with Gasteiger partial charge in [-0.2, -0.15) is 0 Å². The van der Waals surface area contributed by atoms with Crippen LogP contribution in [0.2, 0.25) is 0 Å². The summed E-state index contributed by atoms with van der Waals surface area (Å²) in [6.45, 7) is 0. The second-order valence-electron chi connectivity index (χ2n) is 15.7. The van der Waals surface area contributed by atoms with Crippen molar-refractivity contribution in [3.63, 3.8) is 0 Å². The molecule has 12 aromatic rings. The first-order valence-electron chi connectivity index (χ1n) is 20.7. The molecule has 0 amide bonds. The maximum atomic E-state index is 6.24. The van der Waals surface area contributed by atoms with Crippen molar-refractivity contribution in [2.24, 2.45) is 0 Å². The zero-order chi connectivity index (χ0) is 40.3. The number of furan rings is 2. The SMILES string of the molecule is c1ccc2c(-c3ccc(N(c4ccc(-c5ccc(-c6ccc7oc8ccccc8c7c6)cc5)cc4)c4ccc(-c5cccc6oc7ccccc7c56)cc4)cc3)cccc2c1. The van der Waals surface area contributed by atoms with Crippen molar-refractivity contribution < 1.29 is 8.83 Å². The maximum absolute atomic E-state index is 6.24. The van der Waals surface area contributed by atoms with Gasteiger partial charge in [0.2, 0.25) is 0 Å². The van der Waals surface area contributed by atoms with Gasteiger partial charge in [0, 0.05) is 38.6 Å². The predicted molar refractivity (Wildman–Crippen MR) is 255 cm³/mol. The molecule has 2 aromatic heterocycles. The highest BCUT2D eigenvalue weighted by Gasteiger charge is 2.17. The molecule has 0 atom stereocenters. The first kappa shape index (κ1) is 34.9. The van der Waals surface area contributed by atoms with Crippen LogP contribution in [-0.4, -0.2) is 0 Å². The number of hydrogen-bond acceptors (Lipinski definition) is 3. The first-order chi connectivity index (χ1) is 30.2. The fourth-order valence-corrected chi connectivity index (χ4v) is 9.08. The standard InChI is InChI=1S/C58H37NO2/c1-2-11-48-41(9-1)10-7-14-49(48)42-25-32-46(33-26-42)59(47-34-27-43(28-35-47)50-15-8-18-57-58(50)52-13-4-6-17-55(52)61-57)45-30-23-39(24-31-45)38-19-21-40(22-20-38)44-29-36-56-53(37-44)51-12-3-5-16-54(51)60-56/h1-37H. The Morgan fingerprint density at radius 2 is 0.689 bits per heavy atom. The zero-order valence-electron chi connectivity index (χ0n) is 33.1. The highest BCUT2D eigenvalue weighted by Crippen LogP contribution is 2.41. The summed E-state index contributed by atoms with van der Waals surface area (Å²) in [5.74, 6) is 0. The third-order valence-corrected chi connectivity index (χ3v) is 12.1. The van der Waals surface area contributed by atoms with Gasteiger partial charge in [-0.25, -0.2) is 0 Å². The molecule has 0 aliphatic carbocycles. The van der Waals surface area contributed by atoms with Crippen molar-refractivity contribution in [1.82, 2.24) is 0 Å². The lowest BCUT2D eigenvalue weighted by atomic mass is 9.97. The fourth-order valence-electron chi connectivity index (χ4n) is 9.08. The lowest BCUT2D eigenvalue weighted by molar-refractivity contribution is 0.668. The summed E-state index contributed by atoms with van der Waals surface area (Å²) in [5.41, 5.74) is 16.3. The van der Waals surface area contributed by atoms with E-state index >= 15 is 0 Å². The third-order valence-electron chi connectivity index (χ3n) is 12.1. The van der Waals surface area contributed by atoms with Crippen LogP contribution < -0.4 is 4.90 Å². The van der Waals surface area contributed by atoms with E-state index < -0.39 is 0 Å². The van der Waals surface area contributed by atoms with Crippen LogP contribution in [0.4, 0.5) is 17.1 Å². The molecule has 0 radical (unpaired) electrons. The Kier molecular flexibility index (Phi) is 8.17. The highest BCUT2D eigenvalue weighted by atomic mass is 16.3. The van der Waals surface area contributed by atoms with Crippen molar-refractivity contribution in [2.45, 2.75) is 0 Å². The second-order valence-corrected chi connectivity index (χ2v) is 15.7. The van der Waals surface area contributed by atoms with Crippen LogP contribution in [0.25, 0.3) is 99.2 Å². The monoisotopic (exact) mass is 779 g/mol. The largest absolute Gasteiger partial charge is 0.456 e. The van der Waals surface area contributed by atoms with Crippen LogP contribution in [0.3, 0.4) is 0 Å². The van der Waals surface area contributed by atoms with Crippen LogP contribution in [0, 0.1) is 0 Å². The van der Waals surface area contributed by atoms with Crippen LogP contribution in [0.1, 0.15) is 0 Å². The number of nitrogens with zero attached hydrogens (tertiary/aromatic N) is 1. The summed E-state index contributed by atoms with van der Waals surface area (Å²) in [6.07, 6.45) is 0. The molecule has 0 aliphatic rings. The normalized spacial score (nSPS) is 11.6. The molecule has 3 nitrogen and oxygen atoms in total. The van der Waals surface area contributed by atoms with Gasteiger partial charge in [0.15, 0.2) is 0 Å². The molecule has 286 valence electrons. The topological polar surface area (TPSA) is 29.5 Å². The van der Waals surface area contributed by atoms with E-state index in [-0.39, 0.29) is 0 Å². The van der Waals surface area contributed by atoms with Crippen LogP contribution in [0.15, 0.2) is 233 Å². The van der Waals surface area contributed by atoms with Crippen LogP contribution >= 0.6 is 0 Å². The summed E-state index contributed by atoms with van der Waals surface area (Å²) < 4.78 is 12.3. The molecule has 10 aromatic carbocycles. The van der Waals surface area contributed by atoms with Crippen molar-refractivity contribution in [3.8, 4) is 44.5 Å². The number of benzene rings is 10. The molecule has 0 saturated heterocycles. The van der Waals surface area contributed by atoms with Gasteiger partial charge in [0.05, 0.1) is 0 Å². The Morgan fingerprint density at radius 1 is 0.262 bits per heavy atom. The van der Waals surface area contributed by atoms with Crippen LogP contribution in [-0.2, 0) is 0 Å². The molecule has 61 heavy (non-hydrogen) atoms. The summed E-state index contributed by atoms with van der Waals surface area (Å²) in [4.78, 5) is 2.34. The van der Waals surface area contributed by atoms with Crippen molar-refractivity contribution in [3.05, 3.63) is 224 Å². The Hall–Kier alpha value is -8.14. The molecule has 0 aliphatic heterocycles. The Bertz CT molecular complexity index is 3550. The molecule has 0 unspecified atom stereocenters. The molecule has 3 heteroatoms. The molecular weight excluding hydrogens is 743 g/mol. The number of anilines is 3. The van der Waals surface area contributed by atoms with Gasteiger partial charge < -0.3 is 13.7 Å². The van der Waals surface area contributed by atoms with E-state index in [4.69, 9.17) is 8.83 Å². The van der Waals surface area contributed by atoms with E-state index in [9.17, 15) is 0 Å². The minimum Gasteiger partial charge on any atom is -0.456 e. The molecule has 0 saturated carbocycles.